The smallest absolute Gasteiger partial charge is 0.305 e. The molecule has 0 N–H and O–H groups in total. The number of esters is 1. The number of carbonyl (C=O) groups excluding carboxylic acids is 2. The molecule has 0 unspecified atom stereocenters. The van der Waals surface area contributed by atoms with Gasteiger partial charge in [0.1, 0.15) is 13.2 Å². The second kappa shape index (κ2) is 10.1. The van der Waals surface area contributed by atoms with Crippen LogP contribution in [0.3, 0.4) is 0 Å². The molecule has 160 valence electrons. The maximum Gasteiger partial charge on any atom is 0.305 e. The fourth-order valence-corrected chi connectivity index (χ4v) is 3.58. The maximum atomic E-state index is 12.0. The number of rotatable bonds is 10. The molecule has 0 fully saturated rings. The lowest BCUT2D eigenvalue weighted by Crippen LogP contribution is -2.12. The van der Waals surface area contributed by atoms with E-state index < -0.39 is 0 Å². The fourth-order valence-electron chi connectivity index (χ4n) is 3.58. The summed E-state index contributed by atoms with van der Waals surface area (Å²) < 4.78 is 22.2. The largest absolute Gasteiger partial charge is 0.493 e. The van der Waals surface area contributed by atoms with Gasteiger partial charge in [0.05, 0.1) is 14.2 Å². The highest BCUT2D eigenvalue weighted by molar-refractivity contribution is 6.01. The van der Waals surface area contributed by atoms with Crippen molar-refractivity contribution < 1.29 is 28.5 Å². The molecule has 0 aliphatic heterocycles. The molecular weight excluding hydrogens is 384 g/mol. The number of aryl methyl sites for hydroxylation is 1. The van der Waals surface area contributed by atoms with Gasteiger partial charge in [0.25, 0.3) is 0 Å². The summed E-state index contributed by atoms with van der Waals surface area (Å²) in [6.45, 7) is 2.38. The van der Waals surface area contributed by atoms with Crippen molar-refractivity contribution in [3.05, 3.63) is 41.5 Å². The van der Waals surface area contributed by atoms with Crippen molar-refractivity contribution in [1.82, 2.24) is 0 Å². The van der Waals surface area contributed by atoms with Crippen LogP contribution in [0.1, 0.15) is 48.5 Å². The average Bonchev–Trinajstić information content (AvgIpc) is 3.14. The van der Waals surface area contributed by atoms with E-state index in [1.807, 2.05) is 37.3 Å². The Bertz CT molecular complexity index is 918. The van der Waals surface area contributed by atoms with Gasteiger partial charge in [0, 0.05) is 24.0 Å². The number of Topliss-reactive ketones (excluding diaryl/α,β-unsaturated/α-hetero) is 1. The van der Waals surface area contributed by atoms with Gasteiger partial charge >= 0.3 is 5.97 Å². The molecule has 0 heterocycles. The molecular formula is C24H28O6. The molecule has 0 radical (unpaired) electrons. The number of fused-ring (bicyclic) bond motifs is 1. The van der Waals surface area contributed by atoms with E-state index in [0.29, 0.717) is 30.1 Å². The summed E-state index contributed by atoms with van der Waals surface area (Å²) in [6, 6.07) is 9.54. The molecule has 1 aliphatic carbocycles. The van der Waals surface area contributed by atoms with E-state index in [-0.39, 0.29) is 25.0 Å². The molecule has 0 bridgehead atoms. The number of hydrogen-bond donors (Lipinski definition) is 0. The Balaban J connectivity index is 1.83. The number of unbranched alkanes of at least 4 members (excludes halogenated alkanes) is 1. The van der Waals surface area contributed by atoms with Crippen molar-refractivity contribution in [3.8, 4) is 28.4 Å². The van der Waals surface area contributed by atoms with Crippen LogP contribution in [-0.2, 0) is 16.0 Å². The van der Waals surface area contributed by atoms with Crippen LogP contribution in [0.4, 0.5) is 0 Å². The van der Waals surface area contributed by atoms with Crippen molar-refractivity contribution in [2.24, 2.45) is 0 Å². The van der Waals surface area contributed by atoms with E-state index in [1.165, 1.54) is 0 Å². The van der Waals surface area contributed by atoms with Gasteiger partial charge in [-0.1, -0.05) is 31.5 Å². The Kier molecular flexibility index (Phi) is 7.33. The van der Waals surface area contributed by atoms with Crippen LogP contribution in [0.5, 0.6) is 17.2 Å². The van der Waals surface area contributed by atoms with E-state index in [0.717, 1.165) is 41.5 Å². The van der Waals surface area contributed by atoms with Gasteiger partial charge in [0.15, 0.2) is 17.3 Å². The molecule has 0 atom stereocenters. The lowest BCUT2D eigenvalue weighted by molar-refractivity contribution is -0.144. The monoisotopic (exact) mass is 412 g/mol. The summed E-state index contributed by atoms with van der Waals surface area (Å²) in [4.78, 5) is 23.7. The third kappa shape index (κ3) is 4.75. The molecule has 30 heavy (non-hydrogen) atoms. The Morgan fingerprint density at radius 2 is 1.77 bits per heavy atom. The van der Waals surface area contributed by atoms with Gasteiger partial charge in [-0.3, -0.25) is 9.59 Å². The molecule has 1 aliphatic rings. The third-order valence-electron chi connectivity index (χ3n) is 5.17. The summed E-state index contributed by atoms with van der Waals surface area (Å²) in [6.07, 6.45) is 3.48. The molecule has 6 nitrogen and oxygen atoms in total. The zero-order chi connectivity index (χ0) is 21.5. The van der Waals surface area contributed by atoms with E-state index in [1.54, 1.807) is 14.2 Å². The van der Waals surface area contributed by atoms with Gasteiger partial charge in [-0.2, -0.15) is 0 Å². The fraction of sp³-hybridized carbons (Fsp3) is 0.417. The van der Waals surface area contributed by atoms with Gasteiger partial charge in [-0.25, -0.2) is 0 Å². The molecule has 6 heteroatoms. The van der Waals surface area contributed by atoms with Gasteiger partial charge in [0.2, 0.25) is 5.75 Å². The number of ether oxygens (including phenoxy) is 4. The van der Waals surface area contributed by atoms with Crippen molar-refractivity contribution >= 4 is 11.8 Å². The number of carbonyl (C=O) groups is 2. The van der Waals surface area contributed by atoms with Gasteiger partial charge < -0.3 is 18.9 Å². The molecule has 2 aromatic rings. The van der Waals surface area contributed by atoms with Crippen LogP contribution in [0, 0.1) is 0 Å². The van der Waals surface area contributed by atoms with Crippen molar-refractivity contribution in [3.63, 3.8) is 0 Å². The molecule has 2 aromatic carbocycles. The summed E-state index contributed by atoms with van der Waals surface area (Å²) in [5, 5.41) is 0. The number of methoxy groups -OCH3 is 2. The lowest BCUT2D eigenvalue weighted by atomic mass is 9.99. The van der Waals surface area contributed by atoms with Gasteiger partial charge in [-0.05, 0) is 36.1 Å². The zero-order valence-corrected chi connectivity index (χ0v) is 17.8. The summed E-state index contributed by atoms with van der Waals surface area (Å²) in [5.41, 5.74) is 3.59. The second-order valence-corrected chi connectivity index (χ2v) is 7.15. The topological polar surface area (TPSA) is 71.1 Å². The van der Waals surface area contributed by atoms with Crippen molar-refractivity contribution in [1.29, 1.82) is 0 Å². The van der Waals surface area contributed by atoms with E-state index >= 15 is 0 Å². The van der Waals surface area contributed by atoms with Crippen LogP contribution in [0.15, 0.2) is 30.3 Å². The number of hydrogen-bond acceptors (Lipinski definition) is 6. The van der Waals surface area contributed by atoms with E-state index in [4.69, 9.17) is 18.9 Å². The zero-order valence-electron chi connectivity index (χ0n) is 17.8. The maximum absolute atomic E-state index is 12.0. The second-order valence-electron chi connectivity index (χ2n) is 7.15. The molecule has 0 spiro atoms. The summed E-state index contributed by atoms with van der Waals surface area (Å²) in [7, 11) is 3.12. The minimum absolute atomic E-state index is 0.154. The highest BCUT2D eigenvalue weighted by Gasteiger charge is 2.22. The molecule has 0 saturated carbocycles. The molecule has 3 rings (SSSR count). The SMILES string of the molecule is CCCCC(=O)OCCOc1c(-c2ccc3c(c2)CCC3=O)ccc(OC)c1OC. The predicted molar refractivity (Wildman–Crippen MR) is 114 cm³/mol. The highest BCUT2D eigenvalue weighted by atomic mass is 16.6. The first-order valence-corrected chi connectivity index (χ1v) is 10.3. The molecule has 0 saturated heterocycles. The van der Waals surface area contributed by atoms with E-state index in [2.05, 4.69) is 0 Å². The Labute approximate surface area is 177 Å². The standard InChI is InChI=1S/C24H28O6/c1-4-5-6-22(26)29-13-14-30-23-19(10-12-21(27-2)24(23)28-3)17-7-9-18-16(15-17)8-11-20(18)25/h7,9-10,12,15H,4-6,8,11,13-14H2,1-3H3. The minimum atomic E-state index is -0.221. The first-order valence-electron chi connectivity index (χ1n) is 10.3. The highest BCUT2D eigenvalue weighted by Crippen LogP contribution is 2.45. The van der Waals surface area contributed by atoms with Crippen LogP contribution < -0.4 is 14.2 Å². The number of benzene rings is 2. The predicted octanol–water partition coefficient (Wildman–Crippen LogP) is 4.61. The quantitative estimate of drug-likeness (QED) is 0.419. The van der Waals surface area contributed by atoms with Crippen LogP contribution in [0.2, 0.25) is 0 Å². The van der Waals surface area contributed by atoms with Gasteiger partial charge in [-0.15, -0.1) is 0 Å². The van der Waals surface area contributed by atoms with Crippen LogP contribution >= 0.6 is 0 Å². The lowest BCUT2D eigenvalue weighted by Gasteiger charge is -2.18. The number of ketones is 1. The van der Waals surface area contributed by atoms with Crippen molar-refractivity contribution in [2.75, 3.05) is 27.4 Å². The molecule has 0 amide bonds. The third-order valence-corrected chi connectivity index (χ3v) is 5.17. The summed E-state index contributed by atoms with van der Waals surface area (Å²) in [5.74, 6) is 1.51. The minimum Gasteiger partial charge on any atom is -0.493 e. The molecule has 0 aromatic heterocycles. The van der Waals surface area contributed by atoms with Crippen LogP contribution in [0.25, 0.3) is 11.1 Å². The summed E-state index contributed by atoms with van der Waals surface area (Å²) >= 11 is 0. The Morgan fingerprint density at radius 1 is 0.967 bits per heavy atom. The Hall–Kier alpha value is -3.02. The van der Waals surface area contributed by atoms with Crippen molar-refractivity contribution in [2.45, 2.75) is 39.0 Å². The first kappa shape index (κ1) is 21.7. The average molecular weight is 412 g/mol. The first-order chi connectivity index (χ1) is 14.6. The Morgan fingerprint density at radius 3 is 2.50 bits per heavy atom. The van der Waals surface area contributed by atoms with E-state index in [9.17, 15) is 9.59 Å². The van der Waals surface area contributed by atoms with Crippen LogP contribution in [-0.4, -0.2) is 39.2 Å². The normalized spacial score (nSPS) is 12.4.